The molecular formula is C23H25ClF3N5OS. The summed E-state index contributed by atoms with van der Waals surface area (Å²) >= 11 is 0. The number of pyridine rings is 1. The number of piperazine rings is 1. The molecule has 4 heterocycles. The molecule has 0 spiro atoms. The van der Waals surface area contributed by atoms with Crippen molar-refractivity contribution in [2.24, 2.45) is 0 Å². The number of benzene rings is 1. The monoisotopic (exact) mass is 511 g/mol. The van der Waals surface area contributed by atoms with Gasteiger partial charge in [0, 0.05) is 66.1 Å². The second kappa shape index (κ2) is 8.73. The van der Waals surface area contributed by atoms with Crippen molar-refractivity contribution >= 4 is 37.5 Å². The van der Waals surface area contributed by atoms with E-state index in [0.717, 1.165) is 17.7 Å². The number of rotatable bonds is 2. The van der Waals surface area contributed by atoms with Gasteiger partial charge in [-0.2, -0.15) is 18.2 Å². The van der Waals surface area contributed by atoms with Gasteiger partial charge in [0.15, 0.2) is 0 Å². The molecule has 1 N–H and O–H groups in total. The number of alkyl halides is 3. The van der Waals surface area contributed by atoms with Gasteiger partial charge in [-0.3, -0.25) is 9.55 Å². The molecule has 1 unspecified atom stereocenters. The number of thiol groups is 1. The highest BCUT2D eigenvalue weighted by molar-refractivity contribution is 8.36. The van der Waals surface area contributed by atoms with Gasteiger partial charge < -0.3 is 10.2 Å². The fourth-order valence-corrected chi connectivity index (χ4v) is 7.60. The maximum absolute atomic E-state index is 13.9. The van der Waals surface area contributed by atoms with Crippen LogP contribution in [0.2, 0.25) is 0 Å². The van der Waals surface area contributed by atoms with Crippen molar-refractivity contribution < 1.29 is 13.2 Å². The zero-order chi connectivity index (χ0) is 24.2. The summed E-state index contributed by atoms with van der Waals surface area (Å²) in [4.78, 5) is 24.0. The van der Waals surface area contributed by atoms with Gasteiger partial charge in [0.1, 0.15) is 5.82 Å². The summed E-state index contributed by atoms with van der Waals surface area (Å²) in [5.74, 6) is 0.613. The first-order chi connectivity index (χ1) is 16.1. The minimum absolute atomic E-state index is 0.102. The van der Waals surface area contributed by atoms with Crippen LogP contribution in [0.25, 0.3) is 10.9 Å². The van der Waals surface area contributed by atoms with E-state index >= 15 is 0 Å². The lowest BCUT2D eigenvalue weighted by atomic mass is 10.0. The standard InChI is InChI=1S/C23H25ClF3N5OS/c1-13-9-31(10-14(2)29-13)21-18-7-17(23(25,26)27)8-19-20(18)32(22(33)30-21)11-16(12-34(19)24)15-3-5-28-6-4-15/h3-8,13-14,16,29,34H,9-12H2,1-2H3/t13-,14+,16-/m0/s1. The van der Waals surface area contributed by atoms with E-state index in [1.54, 1.807) is 12.4 Å². The van der Waals surface area contributed by atoms with Gasteiger partial charge in [-0.15, -0.1) is 10.1 Å². The molecule has 34 heavy (non-hydrogen) atoms. The molecule has 0 aliphatic carbocycles. The Bertz CT molecular complexity index is 1280. The predicted octanol–water partition coefficient (Wildman–Crippen LogP) is 4.31. The van der Waals surface area contributed by atoms with E-state index in [0.29, 0.717) is 47.0 Å². The van der Waals surface area contributed by atoms with Crippen LogP contribution in [-0.2, 0) is 12.7 Å². The van der Waals surface area contributed by atoms with Gasteiger partial charge in [0.25, 0.3) is 0 Å². The third kappa shape index (κ3) is 4.27. The molecule has 2 aromatic heterocycles. The van der Waals surface area contributed by atoms with Crippen molar-refractivity contribution in [3.8, 4) is 0 Å². The quantitative estimate of drug-likeness (QED) is 0.502. The van der Waals surface area contributed by atoms with E-state index in [-0.39, 0.29) is 18.0 Å². The van der Waals surface area contributed by atoms with Crippen LogP contribution < -0.4 is 15.9 Å². The number of aromatic nitrogens is 3. The molecule has 5 rings (SSSR count). The second-order valence-corrected chi connectivity index (χ2v) is 11.9. The summed E-state index contributed by atoms with van der Waals surface area (Å²) < 4.78 is 43.3. The van der Waals surface area contributed by atoms with Gasteiger partial charge in [0.2, 0.25) is 0 Å². The molecule has 0 amide bonds. The third-order valence-corrected chi connectivity index (χ3v) is 9.03. The lowest BCUT2D eigenvalue weighted by Crippen LogP contribution is -2.55. The lowest BCUT2D eigenvalue weighted by molar-refractivity contribution is -0.137. The predicted molar refractivity (Wildman–Crippen MR) is 130 cm³/mol. The topological polar surface area (TPSA) is 63.1 Å². The number of anilines is 1. The first-order valence-electron chi connectivity index (χ1n) is 11.1. The van der Waals surface area contributed by atoms with Crippen molar-refractivity contribution in [1.82, 2.24) is 19.9 Å². The zero-order valence-electron chi connectivity index (χ0n) is 18.7. The Hall–Kier alpha value is -2.30. The van der Waals surface area contributed by atoms with E-state index in [2.05, 4.69) is 15.3 Å². The van der Waals surface area contributed by atoms with Gasteiger partial charge in [-0.1, -0.05) is 10.7 Å². The van der Waals surface area contributed by atoms with Crippen molar-refractivity contribution in [3.63, 3.8) is 0 Å². The molecule has 182 valence electrons. The summed E-state index contributed by atoms with van der Waals surface area (Å²) in [5.41, 5.74) is 0.179. The molecule has 1 aromatic carbocycles. The molecule has 2 aliphatic heterocycles. The average Bonchev–Trinajstić information content (AvgIpc) is 2.93. The first kappa shape index (κ1) is 23.4. The minimum Gasteiger partial charge on any atom is -0.353 e. The Morgan fingerprint density at radius 2 is 1.79 bits per heavy atom. The number of hydrogen-bond donors (Lipinski definition) is 2. The Morgan fingerprint density at radius 1 is 1.12 bits per heavy atom. The fraction of sp³-hybridized carbons (Fsp3) is 0.435. The summed E-state index contributed by atoms with van der Waals surface area (Å²) in [5, 5.41) is 3.74. The lowest BCUT2D eigenvalue weighted by Gasteiger charge is -2.37. The summed E-state index contributed by atoms with van der Waals surface area (Å²) in [6.45, 7) is 5.38. The average molecular weight is 512 g/mol. The maximum Gasteiger partial charge on any atom is 0.416 e. The molecule has 1 saturated heterocycles. The van der Waals surface area contributed by atoms with Crippen LogP contribution in [0.3, 0.4) is 0 Å². The zero-order valence-corrected chi connectivity index (χ0v) is 20.3. The van der Waals surface area contributed by atoms with Gasteiger partial charge in [0.05, 0.1) is 11.1 Å². The fourth-order valence-electron chi connectivity index (χ4n) is 5.06. The third-order valence-electron chi connectivity index (χ3n) is 6.44. The Kier molecular flexibility index (Phi) is 6.02. The van der Waals surface area contributed by atoms with Crippen molar-refractivity contribution in [3.05, 3.63) is 58.3 Å². The summed E-state index contributed by atoms with van der Waals surface area (Å²) in [6.07, 6.45) is -1.22. The van der Waals surface area contributed by atoms with Crippen LogP contribution in [0.15, 0.2) is 46.3 Å². The molecule has 6 nitrogen and oxygen atoms in total. The Balaban J connectivity index is 1.76. The number of halogens is 4. The van der Waals surface area contributed by atoms with Crippen LogP contribution in [0, 0.1) is 0 Å². The molecule has 4 atom stereocenters. The second-order valence-electron chi connectivity index (χ2n) is 9.11. The molecule has 3 aromatic rings. The smallest absolute Gasteiger partial charge is 0.353 e. The van der Waals surface area contributed by atoms with Crippen LogP contribution in [0.5, 0.6) is 0 Å². The maximum atomic E-state index is 13.9. The van der Waals surface area contributed by atoms with E-state index < -0.39 is 27.5 Å². The molecular weight excluding hydrogens is 487 g/mol. The van der Waals surface area contributed by atoms with Crippen molar-refractivity contribution in [2.75, 3.05) is 23.7 Å². The van der Waals surface area contributed by atoms with E-state index in [1.807, 2.05) is 30.9 Å². The molecule has 1 fully saturated rings. The van der Waals surface area contributed by atoms with E-state index in [4.69, 9.17) is 10.7 Å². The van der Waals surface area contributed by atoms with E-state index in [9.17, 15) is 18.0 Å². The Labute approximate surface area is 202 Å². The SMILES string of the molecule is C[C@@H]1CN(c2nc(=O)n3c4c(cc(C(F)(F)F)cc24)[SH](Cl)C[C@@H](c2ccncc2)C3)C[C@H](C)N1. The molecule has 0 bridgehead atoms. The molecule has 11 heteroatoms. The highest BCUT2D eigenvalue weighted by Gasteiger charge is 2.36. The first-order valence-corrected chi connectivity index (χ1v) is 13.5. The van der Waals surface area contributed by atoms with Gasteiger partial charge in [-0.25, -0.2) is 4.79 Å². The highest BCUT2D eigenvalue weighted by Crippen LogP contribution is 2.52. The van der Waals surface area contributed by atoms with Gasteiger partial charge in [-0.05, 0) is 43.7 Å². The summed E-state index contributed by atoms with van der Waals surface area (Å²) in [7, 11) is 5.37. The van der Waals surface area contributed by atoms with Crippen LogP contribution in [-0.4, -0.2) is 45.5 Å². The minimum atomic E-state index is -4.54. The number of hydrogen-bond acceptors (Lipinski definition) is 5. The van der Waals surface area contributed by atoms with Crippen LogP contribution in [0.1, 0.15) is 30.9 Å². The molecule has 2 aliphatic rings. The highest BCUT2D eigenvalue weighted by atomic mass is 35.7. The number of nitrogens with one attached hydrogen (secondary N) is 1. The van der Waals surface area contributed by atoms with Gasteiger partial charge >= 0.3 is 11.9 Å². The normalized spacial score (nSPS) is 26.5. The summed E-state index contributed by atoms with van der Waals surface area (Å²) in [6, 6.07) is 6.17. The van der Waals surface area contributed by atoms with E-state index in [1.165, 1.54) is 4.57 Å². The molecule has 0 radical (unpaired) electrons. The van der Waals surface area contributed by atoms with Crippen LogP contribution in [0.4, 0.5) is 19.0 Å². The number of nitrogens with zero attached hydrogens (tertiary/aromatic N) is 4. The van der Waals surface area contributed by atoms with Crippen LogP contribution >= 0.6 is 20.8 Å². The molecule has 0 saturated carbocycles. The van der Waals surface area contributed by atoms with Crippen molar-refractivity contribution in [1.29, 1.82) is 0 Å². The largest absolute Gasteiger partial charge is 0.416 e. The Morgan fingerprint density at radius 3 is 2.44 bits per heavy atom. The van der Waals surface area contributed by atoms with Crippen molar-refractivity contribution in [2.45, 2.75) is 49.5 Å².